The molecule has 0 atom stereocenters. The number of carbonyl (C=O) groups excluding carboxylic acids is 2. The monoisotopic (exact) mass is 361 g/mol. The third-order valence-electron chi connectivity index (χ3n) is 4.52. The zero-order chi connectivity index (χ0) is 18.9. The molecule has 26 heavy (non-hydrogen) atoms. The van der Waals surface area contributed by atoms with E-state index >= 15 is 0 Å². The van der Waals surface area contributed by atoms with Gasteiger partial charge >= 0.3 is 5.97 Å². The van der Waals surface area contributed by atoms with E-state index in [1.54, 1.807) is 12.4 Å². The van der Waals surface area contributed by atoms with Crippen molar-refractivity contribution in [2.24, 2.45) is 0 Å². The Labute approximate surface area is 158 Å². The number of nitrogens with zero attached hydrogens (tertiary/aromatic N) is 1. The maximum Gasteiger partial charge on any atom is 0.306 e. The lowest BCUT2D eigenvalue weighted by atomic mass is 10.0. The lowest BCUT2D eigenvalue weighted by Gasteiger charge is -2.05. The molecular weight excluding hydrogens is 326 g/mol. The van der Waals surface area contributed by atoms with Crippen molar-refractivity contribution in [2.75, 3.05) is 0 Å². The number of Topliss-reactive ketones (excluding diaryl/α,β-unsaturated/α-hetero) is 1. The largest absolute Gasteiger partial charge is 0.461 e. The maximum atomic E-state index is 11.8. The minimum atomic E-state index is -0.159. The summed E-state index contributed by atoms with van der Waals surface area (Å²) in [5.41, 5.74) is 0.907. The van der Waals surface area contributed by atoms with Crippen LogP contribution in [0.15, 0.2) is 24.5 Å². The number of ketones is 1. The molecule has 1 aromatic rings. The van der Waals surface area contributed by atoms with Crippen LogP contribution in [0, 0.1) is 0 Å². The van der Waals surface area contributed by atoms with Crippen LogP contribution in [-0.2, 0) is 20.9 Å². The third-order valence-corrected chi connectivity index (χ3v) is 4.52. The molecule has 0 saturated heterocycles. The summed E-state index contributed by atoms with van der Waals surface area (Å²) in [7, 11) is 0. The van der Waals surface area contributed by atoms with Gasteiger partial charge in [0.2, 0.25) is 0 Å². The smallest absolute Gasteiger partial charge is 0.306 e. The van der Waals surface area contributed by atoms with E-state index in [1.165, 1.54) is 32.1 Å². The van der Waals surface area contributed by atoms with E-state index in [2.05, 4.69) is 11.9 Å². The summed E-state index contributed by atoms with van der Waals surface area (Å²) in [6.45, 7) is 2.51. The highest BCUT2D eigenvalue weighted by Crippen LogP contribution is 2.11. The first-order chi connectivity index (χ1) is 12.7. The molecule has 0 fully saturated rings. The predicted octanol–water partition coefficient (Wildman–Crippen LogP) is 5.79. The average Bonchev–Trinajstić information content (AvgIpc) is 2.66. The fraction of sp³-hybridized carbons (Fsp3) is 0.682. The fourth-order valence-corrected chi connectivity index (χ4v) is 2.89. The number of aromatic nitrogens is 1. The van der Waals surface area contributed by atoms with Crippen molar-refractivity contribution in [3.8, 4) is 0 Å². The topological polar surface area (TPSA) is 56.3 Å². The Balaban J connectivity index is 1.89. The molecular formula is C22H35NO3. The van der Waals surface area contributed by atoms with E-state index in [4.69, 9.17) is 4.74 Å². The molecule has 0 aliphatic heterocycles. The summed E-state index contributed by atoms with van der Waals surface area (Å²) in [6, 6.07) is 3.72. The molecule has 1 rings (SSSR count). The molecule has 146 valence electrons. The van der Waals surface area contributed by atoms with Gasteiger partial charge in [0.1, 0.15) is 12.4 Å². The highest BCUT2D eigenvalue weighted by molar-refractivity contribution is 5.78. The minimum Gasteiger partial charge on any atom is -0.461 e. The second-order valence-corrected chi connectivity index (χ2v) is 6.99. The first-order valence-corrected chi connectivity index (χ1v) is 10.3. The lowest BCUT2D eigenvalue weighted by Crippen LogP contribution is -2.04. The summed E-state index contributed by atoms with van der Waals surface area (Å²) in [5.74, 6) is 0.240. The standard InChI is InChI=1S/C22H35NO3/c1-2-3-4-5-6-9-14-21(24)15-10-7-8-11-16-22(25)26-19-20-13-12-17-23-18-20/h12-13,17-18H,2-11,14-16,19H2,1H3. The Hall–Kier alpha value is -1.71. The lowest BCUT2D eigenvalue weighted by molar-refractivity contribution is -0.145. The first-order valence-electron chi connectivity index (χ1n) is 10.3. The fourth-order valence-electron chi connectivity index (χ4n) is 2.89. The highest BCUT2D eigenvalue weighted by Gasteiger charge is 2.05. The molecule has 1 aromatic heterocycles. The Kier molecular flexibility index (Phi) is 13.3. The first kappa shape index (κ1) is 22.3. The molecule has 4 heteroatoms. The van der Waals surface area contributed by atoms with Gasteiger partial charge in [-0.15, -0.1) is 0 Å². The summed E-state index contributed by atoms with van der Waals surface area (Å²) >= 11 is 0. The number of hydrogen-bond donors (Lipinski definition) is 0. The van der Waals surface area contributed by atoms with Gasteiger partial charge in [0.15, 0.2) is 0 Å². The van der Waals surface area contributed by atoms with Gasteiger partial charge in [-0.1, -0.05) is 57.9 Å². The normalized spacial score (nSPS) is 10.7. The zero-order valence-electron chi connectivity index (χ0n) is 16.4. The van der Waals surface area contributed by atoms with Gasteiger partial charge in [-0.05, 0) is 25.3 Å². The molecule has 0 unspecified atom stereocenters. The van der Waals surface area contributed by atoms with Gasteiger partial charge in [-0.25, -0.2) is 0 Å². The van der Waals surface area contributed by atoms with Crippen LogP contribution in [0.25, 0.3) is 0 Å². The van der Waals surface area contributed by atoms with Gasteiger partial charge in [0, 0.05) is 37.2 Å². The van der Waals surface area contributed by atoms with Crippen molar-refractivity contribution in [1.29, 1.82) is 0 Å². The predicted molar refractivity (Wildman–Crippen MR) is 105 cm³/mol. The second-order valence-electron chi connectivity index (χ2n) is 6.99. The van der Waals surface area contributed by atoms with E-state index in [0.29, 0.717) is 25.2 Å². The summed E-state index contributed by atoms with van der Waals surface area (Å²) in [5, 5.41) is 0. The Bertz CT molecular complexity index is 487. The number of carbonyl (C=O) groups is 2. The molecule has 1 heterocycles. The quantitative estimate of drug-likeness (QED) is 0.276. The number of hydrogen-bond acceptors (Lipinski definition) is 4. The van der Waals surface area contributed by atoms with Gasteiger partial charge < -0.3 is 4.74 Å². The van der Waals surface area contributed by atoms with Crippen LogP contribution in [0.5, 0.6) is 0 Å². The van der Waals surface area contributed by atoms with Crippen molar-refractivity contribution >= 4 is 11.8 Å². The van der Waals surface area contributed by atoms with Gasteiger partial charge in [-0.3, -0.25) is 14.6 Å². The van der Waals surface area contributed by atoms with E-state index in [1.807, 2.05) is 12.1 Å². The molecule has 0 aliphatic rings. The van der Waals surface area contributed by atoms with Gasteiger partial charge in [0.05, 0.1) is 0 Å². The summed E-state index contributed by atoms with van der Waals surface area (Å²) < 4.78 is 5.22. The van der Waals surface area contributed by atoms with Crippen molar-refractivity contribution in [1.82, 2.24) is 4.98 Å². The van der Waals surface area contributed by atoms with Crippen LogP contribution < -0.4 is 0 Å². The second kappa shape index (κ2) is 15.5. The molecule has 0 saturated carbocycles. The van der Waals surface area contributed by atoms with Crippen LogP contribution in [0.1, 0.15) is 96.0 Å². The summed E-state index contributed by atoms with van der Waals surface area (Å²) in [6.07, 6.45) is 16.4. The van der Waals surface area contributed by atoms with E-state index in [-0.39, 0.29) is 5.97 Å². The number of unbranched alkanes of at least 4 members (excludes halogenated alkanes) is 8. The Morgan fingerprint density at radius 2 is 1.50 bits per heavy atom. The van der Waals surface area contributed by atoms with Crippen LogP contribution in [0.3, 0.4) is 0 Å². The number of ether oxygens (including phenoxy) is 1. The maximum absolute atomic E-state index is 11.8. The van der Waals surface area contributed by atoms with Crippen molar-refractivity contribution in [3.63, 3.8) is 0 Å². The van der Waals surface area contributed by atoms with Crippen molar-refractivity contribution in [2.45, 2.75) is 97.0 Å². The number of esters is 1. The molecule has 4 nitrogen and oxygen atoms in total. The molecule has 0 amide bonds. The van der Waals surface area contributed by atoms with Gasteiger partial charge in [-0.2, -0.15) is 0 Å². The van der Waals surface area contributed by atoms with Gasteiger partial charge in [0.25, 0.3) is 0 Å². The molecule has 0 aromatic carbocycles. The average molecular weight is 362 g/mol. The molecule has 0 N–H and O–H groups in total. The van der Waals surface area contributed by atoms with Crippen molar-refractivity contribution in [3.05, 3.63) is 30.1 Å². The van der Waals surface area contributed by atoms with E-state index < -0.39 is 0 Å². The van der Waals surface area contributed by atoms with Crippen molar-refractivity contribution < 1.29 is 14.3 Å². The molecule has 0 bridgehead atoms. The molecule has 0 spiro atoms. The van der Waals surface area contributed by atoms with E-state index in [0.717, 1.165) is 44.1 Å². The minimum absolute atomic E-state index is 0.159. The Morgan fingerprint density at radius 3 is 2.12 bits per heavy atom. The van der Waals surface area contributed by atoms with E-state index in [9.17, 15) is 9.59 Å². The molecule has 0 aliphatic carbocycles. The van der Waals surface area contributed by atoms with Crippen LogP contribution in [-0.4, -0.2) is 16.7 Å². The Morgan fingerprint density at radius 1 is 0.885 bits per heavy atom. The van der Waals surface area contributed by atoms with Crippen LogP contribution in [0.4, 0.5) is 0 Å². The van der Waals surface area contributed by atoms with Crippen LogP contribution in [0.2, 0.25) is 0 Å². The number of rotatable bonds is 16. The van der Waals surface area contributed by atoms with Crippen LogP contribution >= 0.6 is 0 Å². The molecule has 0 radical (unpaired) electrons. The zero-order valence-corrected chi connectivity index (χ0v) is 16.4. The third kappa shape index (κ3) is 12.6. The SMILES string of the molecule is CCCCCCCCC(=O)CCCCCCC(=O)OCc1cccnc1. The summed E-state index contributed by atoms with van der Waals surface area (Å²) in [4.78, 5) is 27.5. The number of pyridine rings is 1. The highest BCUT2D eigenvalue weighted by atomic mass is 16.5.